The topological polar surface area (TPSA) is 55.0 Å². The lowest BCUT2D eigenvalue weighted by atomic mass is 9.93. The summed E-state index contributed by atoms with van der Waals surface area (Å²) in [6.07, 6.45) is 2.93. The van der Waals surface area contributed by atoms with Gasteiger partial charge in [-0.25, -0.2) is 0 Å². The van der Waals surface area contributed by atoms with E-state index < -0.39 is 0 Å². The average Bonchev–Trinajstić information content (AvgIpc) is 3.43. The van der Waals surface area contributed by atoms with E-state index in [0.717, 1.165) is 63.4 Å². The molecule has 38 heavy (non-hydrogen) atoms. The van der Waals surface area contributed by atoms with Gasteiger partial charge in [0.25, 0.3) is 0 Å². The third-order valence-electron chi connectivity index (χ3n) is 7.49. The van der Waals surface area contributed by atoms with Gasteiger partial charge in [0.2, 0.25) is 12.5 Å². The summed E-state index contributed by atoms with van der Waals surface area (Å²) < 4.78 is 19.2. The SMILES string of the molecule is COc1cc(CN(c2ccccc2)c2ccccc2)c2cc3[n+](cc2c1O)CCc1cc2c(cc1-3)OCO2. The zero-order chi connectivity index (χ0) is 25.6. The Morgan fingerprint density at radius 1 is 0.868 bits per heavy atom. The van der Waals surface area contributed by atoms with Gasteiger partial charge < -0.3 is 24.2 Å². The van der Waals surface area contributed by atoms with Crippen molar-refractivity contribution in [2.24, 2.45) is 0 Å². The lowest BCUT2D eigenvalue weighted by molar-refractivity contribution is -0.686. The van der Waals surface area contributed by atoms with Crippen LogP contribution in [0.3, 0.4) is 0 Å². The molecule has 188 valence electrons. The standard InChI is InChI=1S/C32H26N2O4/c1-36-31-15-22(18-34(23-8-4-2-5-9-23)24-10-6-3-7-11-24)25-16-28-26-17-30-29(37-20-38-30)14-21(26)12-13-33(28)19-27(25)32(31)35/h2-11,14-17,19H,12-13,18,20H2,1H3/p+1. The van der Waals surface area contributed by atoms with Crippen LogP contribution < -0.4 is 23.7 Å². The quantitative estimate of drug-likeness (QED) is 0.292. The van der Waals surface area contributed by atoms with Crippen LogP contribution in [0.5, 0.6) is 23.0 Å². The van der Waals surface area contributed by atoms with Crippen LogP contribution in [0.4, 0.5) is 11.4 Å². The van der Waals surface area contributed by atoms with Gasteiger partial charge in [0.05, 0.1) is 18.1 Å². The van der Waals surface area contributed by atoms with Gasteiger partial charge in [-0.2, -0.15) is 4.57 Å². The molecule has 0 saturated heterocycles. The zero-order valence-electron chi connectivity index (χ0n) is 21.1. The van der Waals surface area contributed by atoms with Gasteiger partial charge in [-0.1, -0.05) is 36.4 Å². The first-order chi connectivity index (χ1) is 18.7. The summed E-state index contributed by atoms with van der Waals surface area (Å²) in [5, 5.41) is 12.9. The number of fused-ring (bicyclic) bond motifs is 5. The minimum absolute atomic E-state index is 0.156. The monoisotopic (exact) mass is 503 g/mol. The minimum atomic E-state index is 0.156. The number of phenols is 1. The van der Waals surface area contributed by atoms with Gasteiger partial charge in [0.1, 0.15) is 0 Å². The highest BCUT2D eigenvalue weighted by Gasteiger charge is 2.29. The summed E-state index contributed by atoms with van der Waals surface area (Å²) in [5.41, 5.74) is 6.69. The van der Waals surface area contributed by atoms with Crippen molar-refractivity contribution in [2.75, 3.05) is 18.8 Å². The van der Waals surface area contributed by atoms with Crippen LogP contribution >= 0.6 is 0 Å². The summed E-state index contributed by atoms with van der Waals surface area (Å²) in [6, 6.07) is 29.0. The molecule has 5 aromatic rings. The molecule has 0 aliphatic carbocycles. The lowest BCUT2D eigenvalue weighted by Crippen LogP contribution is -2.40. The van der Waals surface area contributed by atoms with Crippen molar-refractivity contribution in [3.8, 4) is 34.3 Å². The number of hydrogen-bond donors (Lipinski definition) is 1. The average molecular weight is 504 g/mol. The van der Waals surface area contributed by atoms with Crippen LogP contribution in [0.25, 0.3) is 22.0 Å². The number of methoxy groups -OCH3 is 1. The molecule has 6 heteroatoms. The highest BCUT2D eigenvalue weighted by molar-refractivity contribution is 5.94. The number of ether oxygens (including phenoxy) is 3. The molecule has 7 rings (SSSR count). The Balaban J connectivity index is 1.42. The van der Waals surface area contributed by atoms with Gasteiger partial charge in [-0.3, -0.25) is 0 Å². The number of pyridine rings is 1. The Kier molecular flexibility index (Phi) is 5.32. The molecule has 6 nitrogen and oxygen atoms in total. The van der Waals surface area contributed by atoms with E-state index in [1.807, 2.05) is 18.2 Å². The Labute approximate surface area is 220 Å². The van der Waals surface area contributed by atoms with Crippen LogP contribution in [0, 0.1) is 0 Å². The number of aryl methyl sites for hydroxylation is 2. The number of anilines is 2. The molecule has 1 N–H and O–H groups in total. The van der Waals surface area contributed by atoms with Gasteiger partial charge in [-0.05, 0) is 53.6 Å². The van der Waals surface area contributed by atoms with Crippen molar-refractivity contribution in [2.45, 2.75) is 19.5 Å². The van der Waals surface area contributed by atoms with E-state index in [4.69, 9.17) is 14.2 Å². The molecule has 0 spiro atoms. The molecule has 0 fully saturated rings. The van der Waals surface area contributed by atoms with Crippen molar-refractivity contribution < 1.29 is 23.9 Å². The first-order valence-corrected chi connectivity index (χ1v) is 12.8. The van der Waals surface area contributed by atoms with E-state index in [1.165, 1.54) is 5.56 Å². The molecule has 0 amide bonds. The number of phenolic OH excluding ortho intramolecular Hbond substituents is 1. The van der Waals surface area contributed by atoms with Crippen molar-refractivity contribution in [1.82, 2.24) is 0 Å². The summed E-state index contributed by atoms with van der Waals surface area (Å²) in [6.45, 7) is 1.66. The summed E-state index contributed by atoms with van der Waals surface area (Å²) in [4.78, 5) is 2.28. The smallest absolute Gasteiger partial charge is 0.231 e. The van der Waals surface area contributed by atoms with Crippen molar-refractivity contribution in [3.05, 3.63) is 102 Å². The molecule has 1 aromatic heterocycles. The second-order valence-corrected chi connectivity index (χ2v) is 9.64. The summed E-state index contributed by atoms with van der Waals surface area (Å²) in [5.74, 6) is 2.20. The van der Waals surface area contributed by atoms with Crippen LogP contribution in [0.1, 0.15) is 11.1 Å². The fourth-order valence-electron chi connectivity index (χ4n) is 5.58. The molecular weight excluding hydrogens is 476 g/mol. The van der Waals surface area contributed by atoms with Crippen LogP contribution in [-0.2, 0) is 19.5 Å². The largest absolute Gasteiger partial charge is 0.504 e. The van der Waals surface area contributed by atoms with Crippen LogP contribution in [0.2, 0.25) is 0 Å². The maximum Gasteiger partial charge on any atom is 0.231 e. The van der Waals surface area contributed by atoms with Gasteiger partial charge in [0, 0.05) is 35.8 Å². The number of hydrogen-bond acceptors (Lipinski definition) is 5. The van der Waals surface area contributed by atoms with Gasteiger partial charge in [-0.15, -0.1) is 0 Å². The third-order valence-corrected chi connectivity index (χ3v) is 7.49. The highest BCUT2D eigenvalue weighted by atomic mass is 16.7. The van der Waals surface area contributed by atoms with Crippen molar-refractivity contribution in [3.63, 3.8) is 0 Å². The van der Waals surface area contributed by atoms with E-state index in [0.29, 0.717) is 12.3 Å². The molecule has 0 unspecified atom stereocenters. The molecule has 0 saturated carbocycles. The number of benzene rings is 4. The predicted octanol–water partition coefficient (Wildman–Crippen LogP) is 6.13. The summed E-state index contributed by atoms with van der Waals surface area (Å²) in [7, 11) is 1.60. The zero-order valence-corrected chi connectivity index (χ0v) is 21.1. The van der Waals surface area contributed by atoms with Crippen LogP contribution in [-0.4, -0.2) is 19.0 Å². The maximum absolute atomic E-state index is 11.2. The molecular formula is C32H27N2O4+. The number of aromatic hydroxyl groups is 1. The second kappa shape index (κ2) is 8.99. The van der Waals surface area contributed by atoms with Crippen molar-refractivity contribution >= 4 is 22.1 Å². The predicted molar refractivity (Wildman–Crippen MR) is 146 cm³/mol. The fourth-order valence-corrected chi connectivity index (χ4v) is 5.58. The molecule has 3 heterocycles. The molecule has 0 atom stereocenters. The number of nitrogens with zero attached hydrogens (tertiary/aromatic N) is 2. The van der Waals surface area contributed by atoms with E-state index in [-0.39, 0.29) is 12.5 Å². The molecule has 0 radical (unpaired) electrons. The molecule has 2 aliphatic heterocycles. The Morgan fingerprint density at radius 3 is 2.24 bits per heavy atom. The number of aromatic nitrogens is 1. The highest BCUT2D eigenvalue weighted by Crippen LogP contribution is 2.43. The van der Waals surface area contributed by atoms with Crippen molar-refractivity contribution in [1.29, 1.82) is 0 Å². The first kappa shape index (κ1) is 22.5. The van der Waals surface area contributed by atoms with E-state index in [1.54, 1.807) is 7.11 Å². The van der Waals surface area contributed by atoms with Gasteiger partial charge >= 0.3 is 0 Å². The van der Waals surface area contributed by atoms with E-state index in [9.17, 15) is 5.11 Å². The maximum atomic E-state index is 11.2. The van der Waals surface area contributed by atoms with E-state index in [2.05, 4.69) is 82.4 Å². The van der Waals surface area contributed by atoms with Gasteiger partial charge in [0.15, 0.2) is 35.7 Å². The molecule has 2 aliphatic rings. The number of rotatable bonds is 5. The second-order valence-electron chi connectivity index (χ2n) is 9.64. The molecule has 4 aromatic carbocycles. The lowest BCUT2D eigenvalue weighted by Gasteiger charge is -2.26. The van der Waals surface area contributed by atoms with E-state index >= 15 is 0 Å². The normalized spacial score (nSPS) is 13.2. The first-order valence-electron chi connectivity index (χ1n) is 12.8. The minimum Gasteiger partial charge on any atom is -0.504 e. The summed E-state index contributed by atoms with van der Waals surface area (Å²) >= 11 is 0. The Morgan fingerprint density at radius 2 is 1.55 bits per heavy atom. The third kappa shape index (κ3) is 3.68. The fraction of sp³-hybridized carbons (Fsp3) is 0.156. The Hall–Kier alpha value is -4.71. The Bertz CT molecular complexity index is 1630. The molecule has 0 bridgehead atoms. The number of para-hydroxylation sites is 2. The van der Waals surface area contributed by atoms with Crippen LogP contribution in [0.15, 0.2) is 91.1 Å².